The van der Waals surface area contributed by atoms with Gasteiger partial charge in [-0.2, -0.15) is 0 Å². The van der Waals surface area contributed by atoms with Crippen LogP contribution in [0.4, 0.5) is 5.69 Å². The van der Waals surface area contributed by atoms with E-state index in [1.165, 1.54) is 4.90 Å². The van der Waals surface area contributed by atoms with Crippen LogP contribution in [0.5, 0.6) is 5.75 Å². The summed E-state index contributed by atoms with van der Waals surface area (Å²) in [6.07, 6.45) is 1.05. The second-order valence-corrected chi connectivity index (χ2v) is 12.1. The van der Waals surface area contributed by atoms with E-state index in [2.05, 4.69) is 21.2 Å². The van der Waals surface area contributed by atoms with Gasteiger partial charge in [0.15, 0.2) is 0 Å². The Hall–Kier alpha value is -2.59. The number of anilines is 1. The molecule has 0 aliphatic rings. The summed E-state index contributed by atoms with van der Waals surface area (Å²) in [6, 6.07) is 13.1. The fourth-order valence-corrected chi connectivity index (χ4v) is 4.45. The molecule has 0 saturated heterocycles. The number of hydrogen-bond acceptors (Lipinski definition) is 5. The molecule has 0 heterocycles. The molecule has 8 nitrogen and oxygen atoms in total. The Balaban J connectivity index is 2.37. The monoisotopic (exact) mass is 567 g/mol. The van der Waals surface area contributed by atoms with Crippen LogP contribution in [0.15, 0.2) is 53.0 Å². The second-order valence-electron chi connectivity index (χ2n) is 9.26. The predicted octanol–water partition coefficient (Wildman–Crippen LogP) is 3.95. The number of benzene rings is 2. The van der Waals surface area contributed by atoms with Gasteiger partial charge in [-0.3, -0.25) is 13.9 Å². The maximum atomic E-state index is 13.5. The number of nitrogens with one attached hydrogen (secondary N) is 1. The third kappa shape index (κ3) is 8.85. The molecule has 0 saturated carbocycles. The summed E-state index contributed by atoms with van der Waals surface area (Å²) in [5.41, 5.74) is 0.655. The summed E-state index contributed by atoms with van der Waals surface area (Å²) in [7, 11) is -3.79. The van der Waals surface area contributed by atoms with Crippen molar-refractivity contribution >= 4 is 43.5 Å². The van der Waals surface area contributed by atoms with E-state index in [1.807, 2.05) is 52.0 Å². The minimum atomic E-state index is -3.79. The molecule has 0 aromatic heterocycles. The summed E-state index contributed by atoms with van der Waals surface area (Å²) < 4.78 is 32.6. The molecule has 2 aromatic rings. The lowest BCUT2D eigenvalue weighted by Gasteiger charge is -2.33. The normalized spacial score (nSPS) is 12.5. The minimum absolute atomic E-state index is 0.145. The number of nitrogens with zero attached hydrogens (tertiary/aromatic N) is 2. The lowest BCUT2D eigenvalue weighted by molar-refractivity contribution is -0.140. The first kappa shape index (κ1) is 28.6. The highest BCUT2D eigenvalue weighted by Gasteiger charge is 2.31. The largest absolute Gasteiger partial charge is 0.494 e. The van der Waals surface area contributed by atoms with Gasteiger partial charge in [0.25, 0.3) is 0 Å². The molecule has 0 unspecified atom stereocenters. The first-order valence-corrected chi connectivity index (χ1v) is 13.9. The van der Waals surface area contributed by atoms with Crippen molar-refractivity contribution in [2.24, 2.45) is 0 Å². The first-order chi connectivity index (χ1) is 16.2. The van der Waals surface area contributed by atoms with Gasteiger partial charge >= 0.3 is 0 Å². The Bertz CT molecular complexity index is 1110. The topological polar surface area (TPSA) is 96.0 Å². The van der Waals surface area contributed by atoms with Crippen LogP contribution in [-0.2, 0) is 26.2 Å². The number of sulfonamides is 1. The average molecular weight is 569 g/mol. The van der Waals surface area contributed by atoms with Crippen LogP contribution in [-0.4, -0.2) is 56.1 Å². The molecule has 2 amide bonds. The van der Waals surface area contributed by atoms with Gasteiger partial charge in [0.2, 0.25) is 21.8 Å². The fraction of sp³-hybridized carbons (Fsp3) is 0.440. The summed E-state index contributed by atoms with van der Waals surface area (Å²) in [5.74, 6) is -0.223. The number of carbonyl (C=O) groups is 2. The van der Waals surface area contributed by atoms with E-state index >= 15 is 0 Å². The average Bonchev–Trinajstić information content (AvgIpc) is 2.75. The summed E-state index contributed by atoms with van der Waals surface area (Å²) >= 11 is 3.39. The van der Waals surface area contributed by atoms with Crippen LogP contribution in [0.2, 0.25) is 0 Å². The highest BCUT2D eigenvalue weighted by molar-refractivity contribution is 9.10. The minimum Gasteiger partial charge on any atom is -0.494 e. The molecule has 0 spiro atoms. The van der Waals surface area contributed by atoms with Crippen LogP contribution < -0.4 is 14.4 Å². The molecule has 1 N–H and O–H groups in total. The van der Waals surface area contributed by atoms with Gasteiger partial charge in [-0.05, 0) is 76.6 Å². The van der Waals surface area contributed by atoms with Crippen LogP contribution in [0.1, 0.15) is 40.2 Å². The highest BCUT2D eigenvalue weighted by atomic mass is 79.9. The van der Waals surface area contributed by atoms with Gasteiger partial charge in [-0.1, -0.05) is 28.1 Å². The molecule has 10 heteroatoms. The zero-order valence-electron chi connectivity index (χ0n) is 21.0. The zero-order valence-corrected chi connectivity index (χ0v) is 23.4. The van der Waals surface area contributed by atoms with Crippen molar-refractivity contribution in [3.63, 3.8) is 0 Å². The predicted molar refractivity (Wildman–Crippen MR) is 142 cm³/mol. The zero-order chi connectivity index (χ0) is 26.4. The number of carbonyl (C=O) groups excluding carboxylic acids is 2. The Labute approximate surface area is 216 Å². The van der Waals surface area contributed by atoms with Crippen molar-refractivity contribution in [1.29, 1.82) is 0 Å². The van der Waals surface area contributed by atoms with Crippen molar-refractivity contribution in [1.82, 2.24) is 10.2 Å². The molecule has 1 atom stereocenters. The molecule has 0 fully saturated rings. The smallest absolute Gasteiger partial charge is 0.244 e. The molecule has 0 bridgehead atoms. The van der Waals surface area contributed by atoms with E-state index in [0.717, 1.165) is 20.6 Å². The lowest BCUT2D eigenvalue weighted by atomic mass is 10.1. The molecule has 2 aromatic carbocycles. The third-order valence-corrected chi connectivity index (χ3v) is 6.72. The molecule has 2 rings (SSSR count). The fourth-order valence-electron chi connectivity index (χ4n) is 3.33. The van der Waals surface area contributed by atoms with E-state index in [0.29, 0.717) is 18.0 Å². The van der Waals surface area contributed by atoms with Gasteiger partial charge in [-0.15, -0.1) is 0 Å². The quantitative estimate of drug-likeness (QED) is 0.469. The van der Waals surface area contributed by atoms with Gasteiger partial charge in [-0.25, -0.2) is 8.42 Å². The van der Waals surface area contributed by atoms with Crippen molar-refractivity contribution in [2.75, 3.05) is 23.7 Å². The maximum Gasteiger partial charge on any atom is 0.244 e. The number of hydrogen-bond donors (Lipinski definition) is 1. The molecular formula is C25H34BrN3O5S. The SMILES string of the molecule is CCOc1ccc(N(CC(=O)N(Cc2ccc(Br)cc2)[C@@H](C)C(=O)NC(C)(C)C)S(C)(=O)=O)cc1. The van der Waals surface area contributed by atoms with Crippen molar-refractivity contribution in [3.05, 3.63) is 58.6 Å². The molecule has 0 aliphatic heterocycles. The van der Waals surface area contributed by atoms with Crippen LogP contribution >= 0.6 is 15.9 Å². The maximum absolute atomic E-state index is 13.5. The van der Waals surface area contributed by atoms with Gasteiger partial charge in [0, 0.05) is 16.6 Å². The highest BCUT2D eigenvalue weighted by Crippen LogP contribution is 2.23. The third-order valence-electron chi connectivity index (χ3n) is 5.05. The Morgan fingerprint density at radius 3 is 2.11 bits per heavy atom. The standard InChI is InChI=1S/C25H34BrN3O5S/c1-7-34-22-14-12-21(13-15-22)29(35(6,32)33)17-23(30)28(16-19-8-10-20(26)11-9-19)18(2)24(31)27-25(3,4)5/h8-15,18H,7,16-17H2,1-6H3,(H,27,31)/t18-/m0/s1. The summed E-state index contributed by atoms with van der Waals surface area (Å²) in [4.78, 5) is 27.9. The van der Waals surface area contributed by atoms with Crippen molar-refractivity contribution < 1.29 is 22.7 Å². The van der Waals surface area contributed by atoms with E-state index in [1.54, 1.807) is 31.2 Å². The summed E-state index contributed by atoms with van der Waals surface area (Å²) in [6.45, 7) is 9.24. The molecule has 0 radical (unpaired) electrons. The number of ether oxygens (including phenoxy) is 1. The molecule has 35 heavy (non-hydrogen) atoms. The first-order valence-electron chi connectivity index (χ1n) is 11.3. The van der Waals surface area contributed by atoms with Gasteiger partial charge in [0.1, 0.15) is 18.3 Å². The van der Waals surface area contributed by atoms with E-state index in [-0.39, 0.29) is 12.5 Å². The number of rotatable bonds is 10. The molecule has 192 valence electrons. The molecular weight excluding hydrogens is 534 g/mol. The number of halogens is 1. The van der Waals surface area contributed by atoms with Crippen LogP contribution in [0, 0.1) is 0 Å². The van der Waals surface area contributed by atoms with Gasteiger partial charge in [0.05, 0.1) is 18.6 Å². The van der Waals surface area contributed by atoms with E-state index in [9.17, 15) is 18.0 Å². The van der Waals surface area contributed by atoms with Crippen molar-refractivity contribution in [2.45, 2.75) is 52.7 Å². The Morgan fingerprint density at radius 2 is 1.63 bits per heavy atom. The Morgan fingerprint density at radius 1 is 1.06 bits per heavy atom. The lowest BCUT2D eigenvalue weighted by Crippen LogP contribution is -2.54. The van der Waals surface area contributed by atoms with E-state index in [4.69, 9.17) is 4.74 Å². The Kier molecular flexibility index (Phi) is 9.74. The van der Waals surface area contributed by atoms with Crippen LogP contribution in [0.3, 0.4) is 0 Å². The second kappa shape index (κ2) is 11.9. The van der Waals surface area contributed by atoms with E-state index < -0.39 is 34.1 Å². The van der Waals surface area contributed by atoms with Gasteiger partial charge < -0.3 is 15.0 Å². The molecule has 0 aliphatic carbocycles. The van der Waals surface area contributed by atoms with Crippen LogP contribution in [0.25, 0.3) is 0 Å². The van der Waals surface area contributed by atoms with Crippen molar-refractivity contribution in [3.8, 4) is 5.75 Å². The number of amides is 2. The summed E-state index contributed by atoms with van der Waals surface area (Å²) in [5, 5.41) is 2.90.